The molecule has 0 bridgehead atoms. The van der Waals surface area contributed by atoms with E-state index in [1.807, 2.05) is 0 Å². The third-order valence-corrected chi connectivity index (χ3v) is 0.864. The Balaban J connectivity index is 0. The van der Waals surface area contributed by atoms with E-state index in [0.717, 1.165) is 0 Å². The zero-order chi connectivity index (χ0) is 9.94. The summed E-state index contributed by atoms with van der Waals surface area (Å²) in [6, 6.07) is 0. The molecule has 0 aromatic carbocycles. The van der Waals surface area contributed by atoms with E-state index in [1.165, 1.54) is 0 Å². The summed E-state index contributed by atoms with van der Waals surface area (Å²) < 4.78 is 0. The van der Waals surface area contributed by atoms with Crippen LogP contribution in [0, 0.1) is 0 Å². The number of hydrogen-bond donors (Lipinski definition) is 3. The number of hydrogen-bond acceptors (Lipinski definition) is 7. The van der Waals surface area contributed by atoms with Crippen LogP contribution >= 0.6 is 24.0 Å². The quantitative estimate of drug-likeness (QED) is 0.358. The van der Waals surface area contributed by atoms with Crippen molar-refractivity contribution in [3.05, 3.63) is 0 Å². The lowest BCUT2D eigenvalue weighted by atomic mass is 10.8. The minimum absolute atomic E-state index is 0. The van der Waals surface area contributed by atoms with Crippen molar-refractivity contribution in [3.8, 4) is 0 Å². The van der Waals surface area contributed by atoms with Crippen LogP contribution in [0.3, 0.4) is 0 Å². The molecule has 0 heterocycles. The van der Waals surface area contributed by atoms with E-state index in [2.05, 4.69) is 0 Å². The average Bonchev–Trinajstić information content (AvgIpc) is 2.17. The van der Waals surface area contributed by atoms with Crippen LogP contribution in [-0.4, -0.2) is 60.4 Å². The molecular formula is C6H16INO6. The van der Waals surface area contributed by atoms with E-state index in [4.69, 9.17) is 29.8 Å². The molecular weight excluding hydrogens is 309 g/mol. The second kappa shape index (κ2) is 13.4. The maximum atomic E-state index is 8.40. The number of aliphatic hydroxyl groups excluding tert-OH is 3. The molecule has 0 aromatic heterocycles. The van der Waals surface area contributed by atoms with Gasteiger partial charge in [-0.25, -0.2) is 14.5 Å². The highest BCUT2D eigenvalue weighted by Crippen LogP contribution is 1.93. The lowest BCUT2D eigenvalue weighted by molar-refractivity contribution is -0.527. The molecule has 7 nitrogen and oxygen atoms in total. The molecule has 8 heteroatoms. The summed E-state index contributed by atoms with van der Waals surface area (Å²) in [5.41, 5.74) is 0. The SMILES string of the molecule is I.OCCON(OCCO)OCCO. The van der Waals surface area contributed by atoms with Gasteiger partial charge in [-0.1, -0.05) is 0 Å². The van der Waals surface area contributed by atoms with Gasteiger partial charge in [-0.05, 0) is 0 Å². The first-order chi connectivity index (χ1) is 6.35. The number of nitrogens with zero attached hydrogens (tertiary/aromatic N) is 1. The van der Waals surface area contributed by atoms with Crippen LogP contribution in [0.25, 0.3) is 0 Å². The summed E-state index contributed by atoms with van der Waals surface area (Å²) in [5, 5.41) is 25.9. The van der Waals surface area contributed by atoms with Gasteiger partial charge in [0.15, 0.2) is 0 Å². The lowest BCUT2D eigenvalue weighted by Gasteiger charge is -2.17. The summed E-state index contributed by atoms with van der Waals surface area (Å²) in [6.45, 7) is -0.505. The fraction of sp³-hybridized carbons (Fsp3) is 1.00. The first-order valence-corrected chi connectivity index (χ1v) is 3.86. The van der Waals surface area contributed by atoms with Crippen molar-refractivity contribution in [2.75, 3.05) is 39.6 Å². The topological polar surface area (TPSA) is 91.6 Å². The van der Waals surface area contributed by atoms with E-state index in [0.29, 0.717) is 5.39 Å². The molecule has 88 valence electrons. The van der Waals surface area contributed by atoms with Crippen LogP contribution < -0.4 is 0 Å². The zero-order valence-electron chi connectivity index (χ0n) is 7.66. The van der Waals surface area contributed by atoms with Gasteiger partial charge in [-0.3, -0.25) is 0 Å². The van der Waals surface area contributed by atoms with Gasteiger partial charge in [-0.15, -0.1) is 24.0 Å². The molecule has 0 fully saturated rings. The average molecular weight is 325 g/mol. The second-order valence-corrected chi connectivity index (χ2v) is 1.89. The first kappa shape index (κ1) is 16.9. The van der Waals surface area contributed by atoms with Gasteiger partial charge in [0, 0.05) is 0 Å². The van der Waals surface area contributed by atoms with E-state index in [9.17, 15) is 0 Å². The van der Waals surface area contributed by atoms with E-state index < -0.39 is 0 Å². The van der Waals surface area contributed by atoms with Gasteiger partial charge in [-0.2, -0.15) is 0 Å². The Morgan fingerprint density at radius 1 is 0.714 bits per heavy atom. The Labute approximate surface area is 99.1 Å². The molecule has 0 rings (SSSR count). The highest BCUT2D eigenvalue weighted by Gasteiger charge is 2.05. The molecule has 0 saturated heterocycles. The summed E-state index contributed by atoms with van der Waals surface area (Å²) >= 11 is 0. The predicted molar refractivity (Wildman–Crippen MR) is 56.4 cm³/mol. The van der Waals surface area contributed by atoms with Crippen molar-refractivity contribution in [3.63, 3.8) is 0 Å². The Bertz CT molecular complexity index is 89.3. The lowest BCUT2D eigenvalue weighted by Crippen LogP contribution is -2.28. The Morgan fingerprint density at radius 3 is 1.21 bits per heavy atom. The van der Waals surface area contributed by atoms with E-state index >= 15 is 0 Å². The monoisotopic (exact) mass is 325 g/mol. The van der Waals surface area contributed by atoms with E-state index in [-0.39, 0.29) is 63.6 Å². The molecule has 0 unspecified atom stereocenters. The van der Waals surface area contributed by atoms with Crippen molar-refractivity contribution in [1.29, 1.82) is 0 Å². The molecule has 0 amide bonds. The molecule has 14 heavy (non-hydrogen) atoms. The highest BCUT2D eigenvalue weighted by atomic mass is 127. The Kier molecular flexibility index (Phi) is 16.2. The van der Waals surface area contributed by atoms with Gasteiger partial charge < -0.3 is 15.3 Å². The van der Waals surface area contributed by atoms with Crippen molar-refractivity contribution < 1.29 is 29.8 Å². The maximum Gasteiger partial charge on any atom is 0.0967 e. The number of aliphatic hydroxyl groups is 3. The van der Waals surface area contributed by atoms with Crippen LogP contribution in [0.15, 0.2) is 0 Å². The summed E-state index contributed by atoms with van der Waals surface area (Å²) in [6.07, 6.45) is 0. The van der Waals surface area contributed by atoms with Gasteiger partial charge in [0.25, 0.3) is 0 Å². The largest absolute Gasteiger partial charge is 0.394 e. The Hall–Kier alpha value is 0.450. The molecule has 3 N–H and O–H groups in total. The van der Waals surface area contributed by atoms with Crippen LogP contribution in [0.2, 0.25) is 0 Å². The van der Waals surface area contributed by atoms with Crippen molar-refractivity contribution in [2.45, 2.75) is 0 Å². The van der Waals surface area contributed by atoms with Crippen LogP contribution in [-0.2, 0) is 14.5 Å². The first-order valence-electron chi connectivity index (χ1n) is 3.86. The van der Waals surface area contributed by atoms with Crippen LogP contribution in [0.1, 0.15) is 0 Å². The standard InChI is InChI=1S/C6H15NO6.HI/c8-1-4-11-7(12-5-2-9)13-6-3-10;/h8-10H,1-6H2;1H. The maximum absolute atomic E-state index is 8.40. The van der Waals surface area contributed by atoms with Crippen molar-refractivity contribution in [1.82, 2.24) is 5.39 Å². The van der Waals surface area contributed by atoms with Crippen LogP contribution in [0.4, 0.5) is 0 Å². The van der Waals surface area contributed by atoms with Crippen molar-refractivity contribution in [2.24, 2.45) is 0 Å². The molecule has 0 aromatic rings. The summed E-state index contributed by atoms with van der Waals surface area (Å²) in [5.74, 6) is 0. The van der Waals surface area contributed by atoms with Gasteiger partial charge in [0.05, 0.1) is 45.0 Å². The molecule has 0 aliphatic carbocycles. The zero-order valence-corrected chi connectivity index (χ0v) is 9.99. The number of rotatable bonds is 9. The Morgan fingerprint density at radius 2 is 1.00 bits per heavy atom. The predicted octanol–water partition coefficient (Wildman–Crippen LogP) is -1.32. The third-order valence-electron chi connectivity index (χ3n) is 0.864. The second-order valence-electron chi connectivity index (χ2n) is 1.89. The third kappa shape index (κ3) is 10.5. The molecule has 0 spiro atoms. The van der Waals surface area contributed by atoms with Gasteiger partial charge in [0.1, 0.15) is 0 Å². The normalized spacial score (nSPS) is 10.3. The molecule has 0 aliphatic heterocycles. The smallest absolute Gasteiger partial charge is 0.0967 e. The summed E-state index contributed by atoms with van der Waals surface area (Å²) in [7, 11) is 0. The fourth-order valence-corrected chi connectivity index (χ4v) is 0.458. The van der Waals surface area contributed by atoms with Crippen LogP contribution in [0.5, 0.6) is 0 Å². The van der Waals surface area contributed by atoms with E-state index in [1.54, 1.807) is 0 Å². The summed E-state index contributed by atoms with van der Waals surface area (Å²) in [4.78, 5) is 14.1. The number of halogens is 1. The molecule has 0 atom stereocenters. The van der Waals surface area contributed by atoms with Gasteiger partial charge >= 0.3 is 0 Å². The molecule has 0 aliphatic rings. The fourth-order valence-electron chi connectivity index (χ4n) is 0.458. The molecule has 0 radical (unpaired) electrons. The molecule has 0 saturated carbocycles. The minimum atomic E-state index is -0.179. The highest BCUT2D eigenvalue weighted by molar-refractivity contribution is 14.0. The van der Waals surface area contributed by atoms with Crippen molar-refractivity contribution >= 4 is 24.0 Å². The van der Waals surface area contributed by atoms with Gasteiger partial charge in [0.2, 0.25) is 0 Å². The minimum Gasteiger partial charge on any atom is -0.394 e.